The van der Waals surface area contributed by atoms with Gasteiger partial charge in [-0.15, -0.1) is 0 Å². The monoisotopic (exact) mass is 298 g/mol. The molecule has 0 aliphatic heterocycles. The first-order chi connectivity index (χ1) is 8.17. The molecule has 1 aromatic rings. The molecule has 94 valence electrons. The fraction of sp³-hybridized carbons (Fsp3) is 0.500. The molecular formula is C14H19BrO2. The summed E-state index contributed by atoms with van der Waals surface area (Å²) < 4.78 is 5.14. The number of benzene rings is 1. The molecule has 0 saturated carbocycles. The number of ether oxygens (including phenoxy) is 1. The summed E-state index contributed by atoms with van der Waals surface area (Å²) in [5.74, 6) is 0.122. The van der Waals surface area contributed by atoms with Crippen LogP contribution in [0.2, 0.25) is 0 Å². The predicted octanol–water partition coefficient (Wildman–Crippen LogP) is 3.68. The highest BCUT2D eigenvalue weighted by Crippen LogP contribution is 2.17. The second-order valence-corrected chi connectivity index (χ2v) is 4.91. The van der Waals surface area contributed by atoms with Gasteiger partial charge in [-0.25, -0.2) is 0 Å². The predicted molar refractivity (Wildman–Crippen MR) is 73.6 cm³/mol. The zero-order valence-corrected chi connectivity index (χ0v) is 12.0. The fourth-order valence-electron chi connectivity index (χ4n) is 1.54. The van der Waals surface area contributed by atoms with Gasteiger partial charge in [-0.05, 0) is 17.5 Å². The van der Waals surface area contributed by atoms with Gasteiger partial charge < -0.3 is 4.74 Å². The van der Waals surface area contributed by atoms with Crippen LogP contribution in [0.4, 0.5) is 0 Å². The molecule has 17 heavy (non-hydrogen) atoms. The summed E-state index contributed by atoms with van der Waals surface area (Å²) in [5.41, 5.74) is 2.54. The van der Waals surface area contributed by atoms with E-state index in [1.807, 2.05) is 6.92 Å². The van der Waals surface area contributed by atoms with Gasteiger partial charge >= 0.3 is 5.97 Å². The molecule has 0 spiro atoms. The van der Waals surface area contributed by atoms with Crippen molar-refractivity contribution in [3.8, 4) is 0 Å². The van der Waals surface area contributed by atoms with Crippen molar-refractivity contribution in [3.63, 3.8) is 0 Å². The zero-order valence-electron chi connectivity index (χ0n) is 10.4. The molecule has 0 radical (unpaired) electrons. The smallest absolute Gasteiger partial charge is 0.305 e. The number of alkyl halides is 1. The third-order valence-electron chi connectivity index (χ3n) is 2.71. The van der Waals surface area contributed by atoms with Gasteiger partial charge in [-0.3, -0.25) is 4.79 Å². The lowest BCUT2D eigenvalue weighted by molar-refractivity contribution is -0.143. The lowest BCUT2D eigenvalue weighted by atomic mass is 10.00. The molecule has 2 nitrogen and oxygen atoms in total. The van der Waals surface area contributed by atoms with Crippen molar-refractivity contribution in [1.82, 2.24) is 0 Å². The number of aryl methyl sites for hydroxylation is 1. The molecule has 0 amide bonds. The number of hydrogen-bond donors (Lipinski definition) is 0. The summed E-state index contributed by atoms with van der Waals surface area (Å²) in [5, 5.41) is 0.982. The molecule has 1 atom stereocenters. The summed E-state index contributed by atoms with van der Waals surface area (Å²) in [6, 6.07) is 8.49. The molecular weight excluding hydrogens is 280 g/mol. The highest BCUT2D eigenvalue weighted by atomic mass is 79.9. The molecule has 3 heteroatoms. The maximum absolute atomic E-state index is 11.1. The molecule has 0 fully saturated rings. The van der Waals surface area contributed by atoms with Crippen LogP contribution in [0.1, 0.15) is 37.3 Å². The molecule has 1 unspecified atom stereocenters. The second kappa shape index (κ2) is 7.49. The van der Waals surface area contributed by atoms with Crippen molar-refractivity contribution < 1.29 is 9.53 Å². The third-order valence-corrected chi connectivity index (χ3v) is 3.11. The van der Waals surface area contributed by atoms with Gasteiger partial charge in [0.1, 0.15) is 0 Å². The Balaban J connectivity index is 2.51. The Kier molecular flexibility index (Phi) is 6.27. The summed E-state index contributed by atoms with van der Waals surface area (Å²) >= 11 is 3.42. The molecule has 0 aromatic heterocycles. The third kappa shape index (κ3) is 4.90. The Bertz CT molecular complexity index is 346. The highest BCUT2D eigenvalue weighted by Gasteiger charge is 2.08. The quantitative estimate of drug-likeness (QED) is 0.591. The molecule has 0 N–H and O–H groups in total. The van der Waals surface area contributed by atoms with E-state index in [1.165, 1.54) is 11.1 Å². The van der Waals surface area contributed by atoms with Crippen molar-refractivity contribution in [2.75, 3.05) is 11.9 Å². The van der Waals surface area contributed by atoms with E-state index in [4.69, 9.17) is 4.74 Å². The number of carbonyl (C=O) groups is 1. The second-order valence-electron chi connectivity index (χ2n) is 4.12. The van der Waals surface area contributed by atoms with Crippen LogP contribution >= 0.6 is 15.9 Å². The van der Waals surface area contributed by atoms with Crippen LogP contribution in [0.5, 0.6) is 0 Å². The Morgan fingerprint density at radius 2 is 2.00 bits per heavy atom. The first kappa shape index (κ1) is 14.2. The van der Waals surface area contributed by atoms with Crippen LogP contribution in [0, 0.1) is 0 Å². The number of halogens is 1. The van der Waals surface area contributed by atoms with Crippen molar-refractivity contribution in [2.24, 2.45) is 0 Å². The maximum atomic E-state index is 11.1. The summed E-state index contributed by atoms with van der Waals surface area (Å²) in [6.07, 6.45) is 1.48. The molecule has 1 rings (SSSR count). The van der Waals surface area contributed by atoms with E-state index in [0.29, 0.717) is 13.0 Å². The van der Waals surface area contributed by atoms with Crippen LogP contribution in [0.3, 0.4) is 0 Å². The van der Waals surface area contributed by atoms with E-state index < -0.39 is 0 Å². The van der Waals surface area contributed by atoms with Crippen molar-refractivity contribution >= 4 is 21.9 Å². The SMILES string of the molecule is CCC(=O)OCC(C)c1ccc(CCBr)cc1. The molecule has 0 aliphatic carbocycles. The summed E-state index contributed by atoms with van der Waals surface area (Å²) in [7, 11) is 0. The van der Waals surface area contributed by atoms with E-state index in [0.717, 1.165) is 11.8 Å². The topological polar surface area (TPSA) is 26.3 Å². The minimum atomic E-state index is -0.132. The molecule has 0 aliphatic rings. The largest absolute Gasteiger partial charge is 0.465 e. The van der Waals surface area contributed by atoms with E-state index in [-0.39, 0.29) is 11.9 Å². The Labute approximate surface area is 111 Å². The van der Waals surface area contributed by atoms with Gasteiger partial charge in [-0.2, -0.15) is 0 Å². The lowest BCUT2D eigenvalue weighted by Gasteiger charge is -2.12. The van der Waals surface area contributed by atoms with Gasteiger partial charge in [0.25, 0.3) is 0 Å². The van der Waals surface area contributed by atoms with Crippen LogP contribution in [-0.2, 0) is 16.0 Å². The van der Waals surface area contributed by atoms with Gasteiger partial charge in [0.05, 0.1) is 6.61 Å². The highest BCUT2D eigenvalue weighted by molar-refractivity contribution is 9.09. The Hall–Kier alpha value is -0.830. The summed E-state index contributed by atoms with van der Waals surface area (Å²) in [4.78, 5) is 11.1. The average molecular weight is 299 g/mol. The lowest BCUT2D eigenvalue weighted by Crippen LogP contribution is -2.09. The number of rotatable bonds is 6. The van der Waals surface area contributed by atoms with Crippen LogP contribution in [0.25, 0.3) is 0 Å². The van der Waals surface area contributed by atoms with Crippen molar-refractivity contribution in [2.45, 2.75) is 32.6 Å². The van der Waals surface area contributed by atoms with E-state index >= 15 is 0 Å². The Morgan fingerprint density at radius 1 is 1.35 bits per heavy atom. The van der Waals surface area contributed by atoms with Crippen LogP contribution < -0.4 is 0 Å². The minimum absolute atomic E-state index is 0.132. The van der Waals surface area contributed by atoms with E-state index in [9.17, 15) is 4.79 Å². The van der Waals surface area contributed by atoms with E-state index in [2.05, 4.69) is 47.1 Å². The normalized spacial score (nSPS) is 12.2. The number of esters is 1. The van der Waals surface area contributed by atoms with Crippen molar-refractivity contribution in [1.29, 1.82) is 0 Å². The molecule has 0 bridgehead atoms. The number of carbonyl (C=O) groups excluding carboxylic acids is 1. The standard InChI is InChI=1S/C14H19BrO2/c1-3-14(16)17-10-11(2)13-6-4-12(5-7-13)8-9-15/h4-7,11H,3,8-10H2,1-2H3. The van der Waals surface area contributed by atoms with E-state index in [1.54, 1.807) is 0 Å². The van der Waals surface area contributed by atoms with Gasteiger partial charge in [-0.1, -0.05) is 54.0 Å². The van der Waals surface area contributed by atoms with Crippen LogP contribution in [-0.4, -0.2) is 17.9 Å². The molecule has 0 heterocycles. The maximum Gasteiger partial charge on any atom is 0.305 e. The molecule has 0 saturated heterocycles. The number of hydrogen-bond acceptors (Lipinski definition) is 2. The first-order valence-electron chi connectivity index (χ1n) is 5.97. The average Bonchev–Trinajstić information content (AvgIpc) is 2.36. The summed E-state index contributed by atoms with van der Waals surface area (Å²) in [6.45, 7) is 4.34. The first-order valence-corrected chi connectivity index (χ1v) is 7.10. The Morgan fingerprint density at radius 3 is 2.53 bits per heavy atom. The van der Waals surface area contributed by atoms with Crippen LogP contribution in [0.15, 0.2) is 24.3 Å². The fourth-order valence-corrected chi connectivity index (χ4v) is 2.00. The zero-order chi connectivity index (χ0) is 12.7. The minimum Gasteiger partial charge on any atom is -0.465 e. The van der Waals surface area contributed by atoms with Crippen molar-refractivity contribution in [3.05, 3.63) is 35.4 Å². The van der Waals surface area contributed by atoms with Gasteiger partial charge in [0.15, 0.2) is 0 Å². The molecule has 1 aromatic carbocycles. The van der Waals surface area contributed by atoms with Gasteiger partial charge in [0.2, 0.25) is 0 Å². The van der Waals surface area contributed by atoms with Gasteiger partial charge in [0, 0.05) is 17.7 Å².